The lowest BCUT2D eigenvalue weighted by molar-refractivity contribution is -0.274. The second kappa shape index (κ2) is 14.7. The quantitative estimate of drug-likeness (QED) is 0.113. The Hall–Kier alpha value is -4.92. The SMILES string of the molecule is CCSC(=NC(=O)Nc1ccc(OCc2ncn(-c3ccc(OC(F)(F)F)cc3)n2)nc1)N(C=O)c1cc(C)ccc1C(C)C. The molecule has 0 aliphatic rings. The summed E-state index contributed by atoms with van der Waals surface area (Å²) in [6.45, 7) is 7.85. The van der Waals surface area contributed by atoms with E-state index in [4.69, 9.17) is 4.74 Å². The summed E-state index contributed by atoms with van der Waals surface area (Å²) < 4.78 is 48.0. The number of amides is 3. The number of nitrogens with one attached hydrogen (secondary N) is 1. The molecule has 4 aromatic rings. The second-order valence-corrected chi connectivity index (χ2v) is 11.0. The van der Waals surface area contributed by atoms with Gasteiger partial charge in [-0.05, 0) is 66.1 Å². The van der Waals surface area contributed by atoms with Crippen molar-refractivity contribution in [3.8, 4) is 17.3 Å². The van der Waals surface area contributed by atoms with Crippen molar-refractivity contribution in [2.75, 3.05) is 16.0 Å². The van der Waals surface area contributed by atoms with E-state index in [2.05, 4.69) is 30.1 Å². The summed E-state index contributed by atoms with van der Waals surface area (Å²) in [7, 11) is 0. The highest BCUT2D eigenvalue weighted by Gasteiger charge is 2.31. The Morgan fingerprint density at radius 3 is 2.51 bits per heavy atom. The van der Waals surface area contributed by atoms with Gasteiger partial charge in [0.25, 0.3) is 0 Å². The summed E-state index contributed by atoms with van der Waals surface area (Å²) in [5.41, 5.74) is 3.42. The zero-order chi connectivity index (χ0) is 32.6. The van der Waals surface area contributed by atoms with Gasteiger partial charge in [-0.15, -0.1) is 18.3 Å². The van der Waals surface area contributed by atoms with E-state index in [0.717, 1.165) is 11.1 Å². The molecule has 0 bridgehead atoms. The fourth-order valence-electron chi connectivity index (χ4n) is 4.05. The molecule has 4 rings (SSSR count). The number of ether oxygens (including phenoxy) is 2. The van der Waals surface area contributed by atoms with Crippen LogP contribution in [0.4, 0.5) is 29.3 Å². The van der Waals surface area contributed by atoms with Crippen LogP contribution < -0.4 is 19.7 Å². The van der Waals surface area contributed by atoms with E-state index < -0.39 is 12.4 Å². The molecule has 0 spiro atoms. The molecule has 0 fully saturated rings. The van der Waals surface area contributed by atoms with Gasteiger partial charge in [0.15, 0.2) is 17.6 Å². The topological polar surface area (TPSA) is 124 Å². The van der Waals surface area contributed by atoms with E-state index in [1.165, 1.54) is 64.2 Å². The number of urea groups is 1. The highest BCUT2D eigenvalue weighted by atomic mass is 32.2. The van der Waals surface area contributed by atoms with Crippen LogP contribution in [0.2, 0.25) is 0 Å². The molecule has 0 atom stereocenters. The Kier molecular flexibility index (Phi) is 10.8. The first-order chi connectivity index (χ1) is 21.5. The van der Waals surface area contributed by atoms with E-state index in [1.807, 2.05) is 45.9 Å². The summed E-state index contributed by atoms with van der Waals surface area (Å²) in [5.74, 6) is 0.915. The largest absolute Gasteiger partial charge is 0.573 e. The third-order valence-electron chi connectivity index (χ3n) is 6.06. The molecule has 236 valence electrons. The Balaban J connectivity index is 1.37. The number of aryl methyl sites for hydroxylation is 1. The zero-order valence-electron chi connectivity index (χ0n) is 24.8. The third-order valence-corrected chi connectivity index (χ3v) is 6.90. The minimum absolute atomic E-state index is 0.0400. The van der Waals surface area contributed by atoms with Gasteiger partial charge in [-0.3, -0.25) is 9.69 Å². The van der Waals surface area contributed by atoms with E-state index in [9.17, 15) is 22.8 Å². The number of carbonyl (C=O) groups excluding carboxylic acids is 2. The van der Waals surface area contributed by atoms with Crippen LogP contribution in [0.15, 0.2) is 72.1 Å². The molecular weight excluding hydrogens is 611 g/mol. The van der Waals surface area contributed by atoms with Crippen molar-refractivity contribution in [3.05, 3.63) is 84.1 Å². The Morgan fingerprint density at radius 2 is 1.89 bits per heavy atom. The number of aromatic nitrogens is 4. The van der Waals surface area contributed by atoms with Crippen LogP contribution in [0.3, 0.4) is 0 Å². The first-order valence-electron chi connectivity index (χ1n) is 13.7. The van der Waals surface area contributed by atoms with Crippen LogP contribution in [-0.4, -0.2) is 49.5 Å². The number of thioether (sulfide) groups is 1. The third kappa shape index (κ3) is 9.28. The van der Waals surface area contributed by atoms with Gasteiger partial charge in [0.05, 0.1) is 23.3 Å². The van der Waals surface area contributed by atoms with Gasteiger partial charge in [0.1, 0.15) is 12.1 Å². The van der Waals surface area contributed by atoms with Crippen molar-refractivity contribution in [2.45, 2.75) is 46.6 Å². The van der Waals surface area contributed by atoms with Gasteiger partial charge in [0.2, 0.25) is 12.3 Å². The highest BCUT2D eigenvalue weighted by molar-refractivity contribution is 8.14. The van der Waals surface area contributed by atoms with Crippen LogP contribution in [0.25, 0.3) is 5.69 Å². The molecule has 2 aromatic carbocycles. The molecule has 0 radical (unpaired) electrons. The first kappa shape index (κ1) is 33.0. The number of pyridine rings is 1. The molecule has 2 aromatic heterocycles. The number of hydrogen-bond acceptors (Lipinski definition) is 8. The first-order valence-corrected chi connectivity index (χ1v) is 14.7. The molecule has 45 heavy (non-hydrogen) atoms. The van der Waals surface area contributed by atoms with Gasteiger partial charge in [0, 0.05) is 6.07 Å². The monoisotopic (exact) mass is 641 g/mol. The number of aliphatic imine (C=N–C) groups is 1. The zero-order valence-corrected chi connectivity index (χ0v) is 25.6. The van der Waals surface area contributed by atoms with Crippen molar-refractivity contribution in [2.24, 2.45) is 4.99 Å². The predicted molar refractivity (Wildman–Crippen MR) is 165 cm³/mol. The predicted octanol–water partition coefficient (Wildman–Crippen LogP) is 6.88. The minimum Gasteiger partial charge on any atom is -0.469 e. The summed E-state index contributed by atoms with van der Waals surface area (Å²) in [6, 6.07) is 13.4. The van der Waals surface area contributed by atoms with Crippen molar-refractivity contribution >= 4 is 40.7 Å². The van der Waals surface area contributed by atoms with Crippen molar-refractivity contribution < 1.29 is 32.2 Å². The lowest BCUT2D eigenvalue weighted by atomic mass is 9.99. The molecule has 15 heteroatoms. The van der Waals surface area contributed by atoms with Gasteiger partial charge >= 0.3 is 12.4 Å². The highest BCUT2D eigenvalue weighted by Crippen LogP contribution is 2.30. The number of carbonyl (C=O) groups is 2. The average Bonchev–Trinajstić information content (AvgIpc) is 3.46. The van der Waals surface area contributed by atoms with Crippen LogP contribution in [0.5, 0.6) is 11.6 Å². The number of hydrogen-bond donors (Lipinski definition) is 1. The number of benzene rings is 2. The molecular formula is C30H30F3N7O4S. The van der Waals surface area contributed by atoms with Crippen molar-refractivity contribution in [3.63, 3.8) is 0 Å². The molecule has 2 heterocycles. The smallest absolute Gasteiger partial charge is 0.469 e. The van der Waals surface area contributed by atoms with Gasteiger partial charge < -0.3 is 14.8 Å². The molecule has 0 aliphatic carbocycles. The number of rotatable bonds is 10. The maximum Gasteiger partial charge on any atom is 0.573 e. The van der Waals surface area contributed by atoms with Crippen LogP contribution >= 0.6 is 11.8 Å². The van der Waals surface area contributed by atoms with Gasteiger partial charge in [-0.1, -0.05) is 44.7 Å². The standard InChI is InChI=1S/C30H30F3N7O4S/c1-5-45-29(39(18-41)25-14-20(4)6-12-24(25)19(2)3)37-28(42)36-21-7-13-27(34-15-21)43-16-26-35-17-40(38-26)22-8-10-23(11-9-22)44-30(31,32)33/h6-15,17-19H,5,16H2,1-4H3,(H,36,42). The van der Waals surface area contributed by atoms with Crippen molar-refractivity contribution in [1.82, 2.24) is 19.7 Å². The number of anilines is 2. The maximum absolute atomic E-state index is 12.8. The van der Waals surface area contributed by atoms with Crippen LogP contribution in [0.1, 0.15) is 43.6 Å². The lowest BCUT2D eigenvalue weighted by Crippen LogP contribution is -2.30. The molecule has 0 saturated heterocycles. The molecule has 1 N–H and O–H groups in total. The number of halogens is 3. The van der Waals surface area contributed by atoms with E-state index in [1.54, 1.807) is 6.07 Å². The fourth-order valence-corrected chi connectivity index (χ4v) is 4.73. The number of alkyl halides is 3. The Labute approximate surface area is 261 Å². The maximum atomic E-state index is 12.8. The van der Waals surface area contributed by atoms with Gasteiger partial charge in [-0.25, -0.2) is 19.4 Å². The number of amidine groups is 1. The Morgan fingerprint density at radius 1 is 1.13 bits per heavy atom. The minimum atomic E-state index is -4.78. The molecule has 0 saturated carbocycles. The fraction of sp³-hybridized carbons (Fsp3) is 0.267. The van der Waals surface area contributed by atoms with Crippen molar-refractivity contribution in [1.29, 1.82) is 0 Å². The lowest BCUT2D eigenvalue weighted by Gasteiger charge is -2.23. The normalized spacial score (nSPS) is 11.8. The summed E-state index contributed by atoms with van der Waals surface area (Å²) in [6.07, 6.45) is -1.34. The molecule has 0 aliphatic heterocycles. The van der Waals surface area contributed by atoms with Crippen LogP contribution in [-0.2, 0) is 11.4 Å². The summed E-state index contributed by atoms with van der Waals surface area (Å²) in [4.78, 5) is 38.9. The Bertz CT molecular complexity index is 1640. The molecule has 11 nitrogen and oxygen atoms in total. The molecule has 3 amide bonds. The average molecular weight is 642 g/mol. The van der Waals surface area contributed by atoms with E-state index in [0.29, 0.717) is 35.0 Å². The van der Waals surface area contributed by atoms with Gasteiger partial charge in [-0.2, -0.15) is 4.99 Å². The summed E-state index contributed by atoms with van der Waals surface area (Å²) >= 11 is 1.27. The number of nitrogens with zero attached hydrogens (tertiary/aromatic N) is 6. The molecule has 0 unspecified atom stereocenters. The second-order valence-electron chi connectivity index (χ2n) is 9.77. The van der Waals surface area contributed by atoms with Crippen LogP contribution in [0, 0.1) is 6.92 Å². The summed E-state index contributed by atoms with van der Waals surface area (Å²) in [5, 5.41) is 7.14. The van der Waals surface area contributed by atoms with E-state index in [-0.39, 0.29) is 29.3 Å². The van der Waals surface area contributed by atoms with E-state index >= 15 is 0 Å².